The van der Waals surface area contributed by atoms with E-state index in [1.165, 1.54) is 24.3 Å². The van der Waals surface area contributed by atoms with Gasteiger partial charge in [0.1, 0.15) is 23.5 Å². The third kappa shape index (κ3) is 4.20. The fraction of sp³-hybridized carbons (Fsp3) is 0.526. The van der Waals surface area contributed by atoms with Crippen LogP contribution in [0.15, 0.2) is 24.3 Å². The quantitative estimate of drug-likeness (QED) is 0.622. The van der Waals surface area contributed by atoms with Crippen LogP contribution < -0.4 is 5.32 Å². The number of nitrogens with one attached hydrogen (secondary N) is 1. The summed E-state index contributed by atoms with van der Waals surface area (Å²) >= 11 is 0. The molecule has 1 aromatic rings. The fourth-order valence-corrected chi connectivity index (χ4v) is 2.96. The van der Waals surface area contributed by atoms with Crippen molar-refractivity contribution >= 4 is 17.9 Å². The third-order valence-corrected chi connectivity index (χ3v) is 4.13. The number of amides is 3. The molecule has 26 heavy (non-hydrogen) atoms. The minimum Gasteiger partial charge on any atom is -0.459 e. The summed E-state index contributed by atoms with van der Waals surface area (Å²) in [5, 5.41) is 2.71. The summed E-state index contributed by atoms with van der Waals surface area (Å²) in [6.45, 7) is 6.64. The van der Waals surface area contributed by atoms with Gasteiger partial charge in [-0.15, -0.1) is 0 Å². The van der Waals surface area contributed by atoms with Crippen LogP contribution in [0.1, 0.15) is 52.5 Å². The molecule has 0 aromatic heterocycles. The van der Waals surface area contributed by atoms with Crippen LogP contribution >= 0.6 is 0 Å². The smallest absolute Gasteiger partial charge is 0.326 e. The minimum atomic E-state index is -1.29. The number of benzene rings is 1. The molecule has 1 heterocycles. The molecule has 1 N–H and O–H groups in total. The number of unbranched alkanes of at least 4 members (excludes halogenated alkanes) is 1. The number of hydrogen-bond acceptors (Lipinski definition) is 4. The van der Waals surface area contributed by atoms with E-state index in [1.54, 1.807) is 20.8 Å². The summed E-state index contributed by atoms with van der Waals surface area (Å²) < 4.78 is 18.5. The Balaban J connectivity index is 2.30. The first-order chi connectivity index (χ1) is 12.1. The third-order valence-electron chi connectivity index (χ3n) is 4.13. The molecular formula is C19H25FN2O4. The molecule has 3 amide bonds. The van der Waals surface area contributed by atoms with Crippen molar-refractivity contribution in [1.29, 1.82) is 0 Å². The van der Waals surface area contributed by atoms with Gasteiger partial charge < -0.3 is 10.1 Å². The molecule has 0 radical (unpaired) electrons. The van der Waals surface area contributed by atoms with Crippen LogP contribution in [0, 0.1) is 5.82 Å². The molecule has 142 valence electrons. The predicted octanol–water partition coefficient (Wildman–Crippen LogP) is 3.10. The highest BCUT2D eigenvalue weighted by molar-refractivity contribution is 6.09. The molecule has 0 spiro atoms. The number of esters is 1. The lowest BCUT2D eigenvalue weighted by Gasteiger charge is -2.27. The summed E-state index contributed by atoms with van der Waals surface area (Å²) in [5.74, 6) is -1.61. The number of rotatable bonds is 6. The lowest BCUT2D eigenvalue weighted by atomic mass is 9.85. The summed E-state index contributed by atoms with van der Waals surface area (Å²) in [7, 11) is 0. The van der Waals surface area contributed by atoms with Crippen LogP contribution in [0.25, 0.3) is 0 Å². The number of hydrogen-bond donors (Lipinski definition) is 1. The number of nitrogens with zero attached hydrogens (tertiary/aromatic N) is 1. The molecule has 0 saturated carbocycles. The van der Waals surface area contributed by atoms with E-state index in [2.05, 4.69) is 5.32 Å². The van der Waals surface area contributed by atoms with E-state index < -0.39 is 41.4 Å². The second-order valence-electron chi connectivity index (χ2n) is 7.42. The molecule has 0 aliphatic carbocycles. The van der Waals surface area contributed by atoms with E-state index in [-0.39, 0.29) is 0 Å². The highest BCUT2D eigenvalue weighted by Gasteiger charge is 2.52. The van der Waals surface area contributed by atoms with E-state index in [9.17, 15) is 18.8 Å². The molecule has 1 fully saturated rings. The zero-order valence-electron chi connectivity index (χ0n) is 15.6. The monoisotopic (exact) mass is 364 g/mol. The van der Waals surface area contributed by atoms with Gasteiger partial charge in [0, 0.05) is 0 Å². The van der Waals surface area contributed by atoms with Crippen molar-refractivity contribution in [3.8, 4) is 0 Å². The Morgan fingerprint density at radius 2 is 1.85 bits per heavy atom. The molecule has 2 rings (SSSR count). The molecule has 1 atom stereocenters. The maximum atomic E-state index is 13.3. The van der Waals surface area contributed by atoms with Gasteiger partial charge in [0.15, 0.2) is 0 Å². The average Bonchev–Trinajstić information content (AvgIpc) is 2.77. The van der Waals surface area contributed by atoms with Crippen molar-refractivity contribution < 1.29 is 23.5 Å². The van der Waals surface area contributed by atoms with Crippen LogP contribution in [0.2, 0.25) is 0 Å². The second-order valence-corrected chi connectivity index (χ2v) is 7.42. The van der Waals surface area contributed by atoms with Crippen LogP contribution in [-0.4, -0.2) is 35.0 Å². The first-order valence-electron chi connectivity index (χ1n) is 8.71. The number of carbonyl (C=O) groups excluding carboxylic acids is 3. The molecule has 1 saturated heterocycles. The van der Waals surface area contributed by atoms with Gasteiger partial charge in [-0.3, -0.25) is 14.5 Å². The van der Waals surface area contributed by atoms with Gasteiger partial charge in [-0.1, -0.05) is 31.9 Å². The topological polar surface area (TPSA) is 75.7 Å². The van der Waals surface area contributed by atoms with E-state index in [0.29, 0.717) is 18.4 Å². The number of ether oxygens (including phenoxy) is 1. The SMILES string of the molecule is CCCCC1(c2ccc(F)cc2)NC(=O)N(CC(=O)OC(C)(C)C)C1=O. The van der Waals surface area contributed by atoms with E-state index >= 15 is 0 Å². The zero-order chi connectivity index (χ0) is 19.5. The summed E-state index contributed by atoms with van der Waals surface area (Å²) in [5.41, 5.74) is -1.51. The number of imide groups is 1. The van der Waals surface area contributed by atoms with E-state index in [0.717, 1.165) is 11.3 Å². The van der Waals surface area contributed by atoms with Crippen LogP contribution in [0.5, 0.6) is 0 Å². The average molecular weight is 364 g/mol. The number of urea groups is 1. The normalized spacial score (nSPS) is 20.3. The Labute approximate surface area is 152 Å². The lowest BCUT2D eigenvalue weighted by Crippen LogP contribution is -2.44. The number of carbonyl (C=O) groups is 3. The minimum absolute atomic E-state index is 0.366. The molecule has 1 aliphatic heterocycles. The molecule has 7 heteroatoms. The van der Waals surface area contributed by atoms with E-state index in [1.807, 2.05) is 6.92 Å². The molecule has 0 bridgehead atoms. The Hall–Kier alpha value is -2.44. The fourth-order valence-electron chi connectivity index (χ4n) is 2.96. The molecule has 1 aliphatic rings. The Bertz CT molecular complexity index is 696. The van der Waals surface area contributed by atoms with Crippen LogP contribution in [-0.2, 0) is 19.9 Å². The first kappa shape index (κ1) is 19.9. The first-order valence-corrected chi connectivity index (χ1v) is 8.71. The standard InChI is InChI=1S/C19H25FN2O4/c1-5-6-11-19(13-7-9-14(20)10-8-13)16(24)22(17(25)21-19)12-15(23)26-18(2,3)4/h7-10H,5-6,11-12H2,1-4H3,(H,21,25). The zero-order valence-corrected chi connectivity index (χ0v) is 15.6. The maximum absolute atomic E-state index is 13.3. The van der Waals surface area contributed by atoms with Crippen molar-refractivity contribution in [1.82, 2.24) is 10.2 Å². The van der Waals surface area contributed by atoms with Gasteiger partial charge in [-0.25, -0.2) is 9.18 Å². The maximum Gasteiger partial charge on any atom is 0.326 e. The highest BCUT2D eigenvalue weighted by Crippen LogP contribution is 2.34. The Morgan fingerprint density at radius 1 is 1.23 bits per heavy atom. The van der Waals surface area contributed by atoms with Crippen LogP contribution in [0.3, 0.4) is 0 Å². The van der Waals surface area contributed by atoms with Gasteiger partial charge >= 0.3 is 12.0 Å². The molecule has 1 aromatic carbocycles. The lowest BCUT2D eigenvalue weighted by molar-refractivity contribution is -0.157. The van der Waals surface area contributed by atoms with Gasteiger partial charge in [-0.2, -0.15) is 0 Å². The van der Waals surface area contributed by atoms with Crippen molar-refractivity contribution in [2.75, 3.05) is 6.54 Å². The highest BCUT2D eigenvalue weighted by atomic mass is 19.1. The predicted molar refractivity (Wildman–Crippen MR) is 93.7 cm³/mol. The summed E-state index contributed by atoms with van der Waals surface area (Å²) in [6, 6.07) is 4.82. The van der Waals surface area contributed by atoms with Crippen LogP contribution in [0.4, 0.5) is 9.18 Å². The summed E-state index contributed by atoms with van der Waals surface area (Å²) in [4.78, 5) is 38.4. The van der Waals surface area contributed by atoms with Crippen molar-refractivity contribution in [3.05, 3.63) is 35.6 Å². The van der Waals surface area contributed by atoms with Gasteiger partial charge in [0.2, 0.25) is 0 Å². The molecule has 1 unspecified atom stereocenters. The van der Waals surface area contributed by atoms with Crippen molar-refractivity contribution in [3.63, 3.8) is 0 Å². The van der Waals surface area contributed by atoms with Gasteiger partial charge in [0.05, 0.1) is 0 Å². The Morgan fingerprint density at radius 3 is 2.38 bits per heavy atom. The van der Waals surface area contributed by atoms with Crippen molar-refractivity contribution in [2.24, 2.45) is 0 Å². The van der Waals surface area contributed by atoms with Gasteiger partial charge in [0.25, 0.3) is 5.91 Å². The molecule has 6 nitrogen and oxygen atoms in total. The largest absolute Gasteiger partial charge is 0.459 e. The number of halogens is 1. The van der Waals surface area contributed by atoms with Gasteiger partial charge in [-0.05, 0) is 44.9 Å². The Kier molecular flexibility index (Phi) is 5.68. The van der Waals surface area contributed by atoms with Crippen molar-refractivity contribution in [2.45, 2.75) is 58.1 Å². The van der Waals surface area contributed by atoms with E-state index in [4.69, 9.17) is 4.74 Å². The molecular weight excluding hydrogens is 339 g/mol. The summed E-state index contributed by atoms with van der Waals surface area (Å²) in [6.07, 6.45) is 1.87. The second kappa shape index (κ2) is 7.43.